The van der Waals surface area contributed by atoms with Crippen molar-refractivity contribution < 1.29 is 9.66 Å². The second-order valence-corrected chi connectivity index (χ2v) is 5.68. The smallest absolute Gasteiger partial charge is 0.271 e. The van der Waals surface area contributed by atoms with Gasteiger partial charge in [-0.1, -0.05) is 0 Å². The molecule has 1 saturated carbocycles. The van der Waals surface area contributed by atoms with Crippen molar-refractivity contribution in [3.05, 3.63) is 31.2 Å². The van der Waals surface area contributed by atoms with E-state index in [2.05, 4.69) is 31.9 Å². The molecule has 0 bridgehead atoms. The maximum Gasteiger partial charge on any atom is 0.271 e. The van der Waals surface area contributed by atoms with Gasteiger partial charge in [-0.15, -0.1) is 0 Å². The molecule has 7 heteroatoms. The van der Waals surface area contributed by atoms with Crippen molar-refractivity contribution in [2.45, 2.75) is 25.0 Å². The molecule has 5 nitrogen and oxygen atoms in total. The zero-order chi connectivity index (χ0) is 12.6. The lowest BCUT2D eigenvalue weighted by Crippen LogP contribution is -2.43. The molecule has 2 N–H and O–H groups in total. The minimum Gasteiger partial charge on any atom is -0.488 e. The van der Waals surface area contributed by atoms with Crippen LogP contribution in [0.25, 0.3) is 0 Å². The van der Waals surface area contributed by atoms with E-state index >= 15 is 0 Å². The van der Waals surface area contributed by atoms with Crippen molar-refractivity contribution in [3.8, 4) is 5.75 Å². The van der Waals surface area contributed by atoms with Crippen LogP contribution in [0.1, 0.15) is 12.8 Å². The molecule has 92 valence electrons. The van der Waals surface area contributed by atoms with Gasteiger partial charge in [0, 0.05) is 18.2 Å². The first-order valence-electron chi connectivity index (χ1n) is 5.03. The van der Waals surface area contributed by atoms with Crippen LogP contribution in [0, 0.1) is 10.1 Å². The molecule has 0 spiro atoms. The summed E-state index contributed by atoms with van der Waals surface area (Å²) < 4.78 is 6.86. The van der Waals surface area contributed by atoms with E-state index in [1.54, 1.807) is 0 Å². The molecule has 0 saturated heterocycles. The number of hydrogen-bond donors (Lipinski definition) is 1. The Morgan fingerprint density at radius 1 is 1.35 bits per heavy atom. The van der Waals surface area contributed by atoms with Crippen LogP contribution in [0.4, 0.5) is 5.69 Å². The quantitative estimate of drug-likeness (QED) is 0.659. The second-order valence-electron chi connectivity index (χ2n) is 3.97. The molecule has 1 aromatic carbocycles. The number of hydrogen-bond acceptors (Lipinski definition) is 4. The highest BCUT2D eigenvalue weighted by Crippen LogP contribution is 2.39. The molecule has 0 heterocycles. The summed E-state index contributed by atoms with van der Waals surface area (Å²) in [5.41, 5.74) is 5.68. The molecule has 1 aliphatic carbocycles. The number of ether oxygens (including phenoxy) is 1. The minimum atomic E-state index is -0.446. The first-order valence-corrected chi connectivity index (χ1v) is 6.61. The van der Waals surface area contributed by atoms with Crippen LogP contribution < -0.4 is 10.5 Å². The van der Waals surface area contributed by atoms with Gasteiger partial charge in [0.05, 0.1) is 13.9 Å². The maximum atomic E-state index is 10.7. The lowest BCUT2D eigenvalue weighted by atomic mass is 9.90. The summed E-state index contributed by atoms with van der Waals surface area (Å²) in [5, 5.41) is 10.7. The van der Waals surface area contributed by atoms with Crippen molar-refractivity contribution in [1.82, 2.24) is 0 Å². The van der Waals surface area contributed by atoms with E-state index in [4.69, 9.17) is 10.5 Å². The van der Waals surface area contributed by atoms with Gasteiger partial charge in [-0.3, -0.25) is 10.1 Å². The molecular weight excluding hydrogens is 356 g/mol. The van der Waals surface area contributed by atoms with E-state index < -0.39 is 4.92 Å². The number of halogens is 2. The Kier molecular flexibility index (Phi) is 3.70. The van der Waals surface area contributed by atoms with Gasteiger partial charge in [-0.2, -0.15) is 0 Å². The molecule has 1 aliphatic rings. The number of benzene rings is 1. The number of nitrogens with zero attached hydrogens (tertiary/aromatic N) is 1. The van der Waals surface area contributed by atoms with Crippen LogP contribution in [-0.2, 0) is 0 Å². The van der Waals surface area contributed by atoms with Gasteiger partial charge in [0.2, 0.25) is 0 Å². The van der Waals surface area contributed by atoms with Crippen LogP contribution in [0.5, 0.6) is 5.75 Å². The number of nitro groups is 1. The van der Waals surface area contributed by atoms with Crippen molar-refractivity contribution in [1.29, 1.82) is 0 Å². The standard InChI is InChI=1S/C10H10Br2N2O3/c11-8-3-6(14(15)16)4-9(12)10(8)17-7-1-5(13)2-7/h3-5,7H,1-2,13H2. The van der Waals surface area contributed by atoms with E-state index in [0.717, 1.165) is 12.8 Å². The average molecular weight is 366 g/mol. The molecule has 0 aliphatic heterocycles. The fourth-order valence-electron chi connectivity index (χ4n) is 1.63. The minimum absolute atomic E-state index is 0.0152. The average Bonchev–Trinajstić information content (AvgIpc) is 2.19. The Morgan fingerprint density at radius 3 is 2.29 bits per heavy atom. The van der Waals surface area contributed by atoms with Crippen LogP contribution in [0.15, 0.2) is 21.1 Å². The Labute approximate surface area is 115 Å². The Hall–Kier alpha value is -0.660. The highest BCUT2D eigenvalue weighted by atomic mass is 79.9. The van der Waals surface area contributed by atoms with E-state index in [0.29, 0.717) is 14.7 Å². The molecule has 0 atom stereocenters. The number of nitro benzene ring substituents is 1. The lowest BCUT2D eigenvalue weighted by Gasteiger charge is -2.33. The fourth-order valence-corrected chi connectivity index (χ4v) is 2.98. The van der Waals surface area contributed by atoms with Gasteiger partial charge in [-0.05, 0) is 44.7 Å². The third-order valence-electron chi connectivity index (χ3n) is 2.61. The van der Waals surface area contributed by atoms with E-state index in [1.165, 1.54) is 12.1 Å². The Bertz CT molecular complexity index is 438. The van der Waals surface area contributed by atoms with Gasteiger partial charge in [0.1, 0.15) is 11.9 Å². The molecule has 1 aromatic rings. The molecule has 0 aromatic heterocycles. The monoisotopic (exact) mass is 364 g/mol. The first kappa shape index (κ1) is 12.8. The van der Waals surface area contributed by atoms with Crippen LogP contribution in [-0.4, -0.2) is 17.1 Å². The third-order valence-corrected chi connectivity index (χ3v) is 3.79. The summed E-state index contributed by atoms with van der Waals surface area (Å²) in [5.74, 6) is 0.590. The summed E-state index contributed by atoms with van der Waals surface area (Å²) in [6.45, 7) is 0. The van der Waals surface area contributed by atoms with Crippen molar-refractivity contribution in [2.24, 2.45) is 5.73 Å². The van der Waals surface area contributed by atoms with E-state index in [1.807, 2.05) is 0 Å². The first-order chi connectivity index (χ1) is 7.97. The van der Waals surface area contributed by atoms with E-state index in [9.17, 15) is 10.1 Å². The van der Waals surface area contributed by atoms with Gasteiger partial charge in [0.15, 0.2) is 0 Å². The normalized spacial score (nSPS) is 23.0. The van der Waals surface area contributed by atoms with Crippen LogP contribution in [0.3, 0.4) is 0 Å². The predicted molar refractivity (Wildman–Crippen MR) is 70.1 cm³/mol. The highest BCUT2D eigenvalue weighted by Gasteiger charge is 2.29. The summed E-state index contributed by atoms with van der Waals surface area (Å²) in [4.78, 5) is 10.2. The largest absolute Gasteiger partial charge is 0.488 e. The van der Waals surface area contributed by atoms with Crippen molar-refractivity contribution >= 4 is 37.5 Å². The highest BCUT2D eigenvalue weighted by molar-refractivity contribution is 9.11. The van der Waals surface area contributed by atoms with E-state index in [-0.39, 0.29) is 17.8 Å². The van der Waals surface area contributed by atoms with Gasteiger partial charge in [0.25, 0.3) is 5.69 Å². The molecular formula is C10H10Br2N2O3. The topological polar surface area (TPSA) is 78.4 Å². The molecule has 17 heavy (non-hydrogen) atoms. The molecule has 0 amide bonds. The number of nitrogens with two attached hydrogens (primary N) is 1. The Morgan fingerprint density at radius 2 is 1.88 bits per heavy atom. The van der Waals surface area contributed by atoms with Crippen molar-refractivity contribution in [2.75, 3.05) is 0 Å². The lowest BCUT2D eigenvalue weighted by molar-refractivity contribution is -0.385. The molecule has 0 unspecified atom stereocenters. The SMILES string of the molecule is NC1CC(Oc2c(Br)cc([N+](=O)[O-])cc2Br)C1. The number of non-ortho nitro benzene ring substituents is 1. The molecule has 1 fully saturated rings. The van der Waals surface area contributed by atoms with Gasteiger partial charge in [-0.25, -0.2) is 0 Å². The molecule has 0 radical (unpaired) electrons. The van der Waals surface area contributed by atoms with Crippen LogP contribution in [0.2, 0.25) is 0 Å². The summed E-state index contributed by atoms with van der Waals surface area (Å²) >= 11 is 6.54. The maximum absolute atomic E-state index is 10.7. The van der Waals surface area contributed by atoms with Crippen molar-refractivity contribution in [3.63, 3.8) is 0 Å². The molecule has 2 rings (SSSR count). The zero-order valence-electron chi connectivity index (χ0n) is 8.73. The fraction of sp³-hybridized carbons (Fsp3) is 0.400. The van der Waals surface area contributed by atoms with Gasteiger partial charge < -0.3 is 10.5 Å². The second kappa shape index (κ2) is 4.91. The number of rotatable bonds is 3. The van der Waals surface area contributed by atoms with Gasteiger partial charge >= 0.3 is 0 Å². The summed E-state index contributed by atoms with van der Waals surface area (Å²) in [6.07, 6.45) is 1.73. The zero-order valence-corrected chi connectivity index (χ0v) is 11.9. The summed E-state index contributed by atoms with van der Waals surface area (Å²) in [6, 6.07) is 3.06. The predicted octanol–water partition coefficient (Wildman–Crippen LogP) is 2.99. The Balaban J connectivity index is 2.20. The summed E-state index contributed by atoms with van der Waals surface area (Å²) in [7, 11) is 0. The third kappa shape index (κ3) is 2.78. The van der Waals surface area contributed by atoms with Crippen LogP contribution >= 0.6 is 31.9 Å².